The maximum Gasteiger partial charge on any atom is 0.162 e. The Labute approximate surface area is 183 Å². The fourth-order valence-electron chi connectivity index (χ4n) is 2.86. The van der Waals surface area contributed by atoms with E-state index >= 15 is 0 Å². The molecule has 152 valence electrons. The van der Waals surface area contributed by atoms with Crippen LogP contribution in [-0.4, -0.2) is 57.6 Å². The molecule has 0 bridgehead atoms. The molecule has 0 atom stereocenters. The summed E-state index contributed by atoms with van der Waals surface area (Å²) in [5.41, 5.74) is 1.29. The van der Waals surface area contributed by atoms with Gasteiger partial charge in [-0.2, -0.15) is 0 Å². The van der Waals surface area contributed by atoms with Gasteiger partial charge in [0.15, 0.2) is 11.5 Å². The zero-order chi connectivity index (χ0) is 19.6. The Morgan fingerprint density at radius 2 is 1.25 bits per heavy atom. The first-order valence-corrected chi connectivity index (χ1v) is 11.0. The summed E-state index contributed by atoms with van der Waals surface area (Å²) in [5.74, 6) is 1.39. The van der Waals surface area contributed by atoms with Crippen molar-refractivity contribution >= 4 is 31.9 Å². The average Bonchev–Trinajstić information content (AvgIpc) is 2.70. The van der Waals surface area contributed by atoms with Gasteiger partial charge < -0.3 is 18.9 Å². The number of hydrogen-bond acceptors (Lipinski definition) is 5. The maximum absolute atomic E-state index is 5.87. The van der Waals surface area contributed by atoms with Crippen LogP contribution in [0.4, 0.5) is 0 Å². The van der Waals surface area contributed by atoms with E-state index in [-0.39, 0.29) is 0 Å². The second-order valence-electron chi connectivity index (χ2n) is 6.40. The SMILES string of the molecule is Brc1cc2c(cc1Br)OCCOCCN(Cc1ccccc1)CCOCCO2. The Hall–Kier alpha value is -1.12. The molecule has 1 heterocycles. The molecule has 0 saturated carbocycles. The number of hydrogen-bond donors (Lipinski definition) is 0. The van der Waals surface area contributed by atoms with E-state index in [1.54, 1.807) is 0 Å². The van der Waals surface area contributed by atoms with E-state index in [4.69, 9.17) is 18.9 Å². The van der Waals surface area contributed by atoms with Crippen molar-refractivity contribution in [3.8, 4) is 11.5 Å². The normalized spacial score (nSPS) is 17.5. The Balaban J connectivity index is 1.57. The maximum atomic E-state index is 5.87. The van der Waals surface area contributed by atoms with Crippen LogP contribution in [0.1, 0.15) is 5.56 Å². The van der Waals surface area contributed by atoms with Crippen LogP contribution in [0.25, 0.3) is 0 Å². The third kappa shape index (κ3) is 7.04. The molecule has 5 nitrogen and oxygen atoms in total. The van der Waals surface area contributed by atoms with Crippen LogP contribution in [0.3, 0.4) is 0 Å². The molecule has 0 spiro atoms. The van der Waals surface area contributed by atoms with Gasteiger partial charge in [0.25, 0.3) is 0 Å². The van der Waals surface area contributed by atoms with Crippen molar-refractivity contribution in [2.45, 2.75) is 6.54 Å². The summed E-state index contributed by atoms with van der Waals surface area (Å²) in [5, 5.41) is 0. The summed E-state index contributed by atoms with van der Waals surface area (Å²) in [6.07, 6.45) is 0. The molecule has 1 aliphatic rings. The third-order valence-electron chi connectivity index (χ3n) is 4.31. The van der Waals surface area contributed by atoms with E-state index in [0.29, 0.717) is 51.1 Å². The van der Waals surface area contributed by atoms with Crippen LogP contribution >= 0.6 is 31.9 Å². The molecule has 0 N–H and O–H groups in total. The lowest BCUT2D eigenvalue weighted by molar-refractivity contribution is 0.0575. The lowest BCUT2D eigenvalue weighted by Crippen LogP contribution is -2.31. The standard InChI is InChI=1S/C21H25Br2NO4/c22-18-14-20-21(15-19(18)23)28-13-11-26-9-7-24(6-8-25-10-12-27-20)16-17-4-2-1-3-5-17/h1-5,14-15H,6-13,16H2. The van der Waals surface area contributed by atoms with Gasteiger partial charge in [-0.3, -0.25) is 4.90 Å². The van der Waals surface area contributed by atoms with Crippen molar-refractivity contribution in [1.29, 1.82) is 0 Å². The highest BCUT2D eigenvalue weighted by atomic mass is 79.9. The van der Waals surface area contributed by atoms with Gasteiger partial charge in [-0.05, 0) is 49.6 Å². The van der Waals surface area contributed by atoms with Crippen LogP contribution in [0, 0.1) is 0 Å². The van der Waals surface area contributed by atoms with Crippen LogP contribution in [0.2, 0.25) is 0 Å². The van der Waals surface area contributed by atoms with E-state index in [1.807, 2.05) is 18.2 Å². The molecule has 2 aromatic rings. The number of ether oxygens (including phenoxy) is 4. The zero-order valence-electron chi connectivity index (χ0n) is 15.7. The topological polar surface area (TPSA) is 40.2 Å². The Morgan fingerprint density at radius 3 is 1.79 bits per heavy atom. The quantitative estimate of drug-likeness (QED) is 0.589. The first-order chi connectivity index (χ1) is 13.7. The summed E-state index contributed by atoms with van der Waals surface area (Å²) in [6.45, 7) is 5.90. The summed E-state index contributed by atoms with van der Waals surface area (Å²) in [7, 11) is 0. The fourth-order valence-corrected chi connectivity index (χ4v) is 3.50. The van der Waals surface area contributed by atoms with Gasteiger partial charge in [0, 0.05) is 28.6 Å². The van der Waals surface area contributed by atoms with Crippen molar-refractivity contribution < 1.29 is 18.9 Å². The molecule has 3 rings (SSSR count). The number of nitrogens with zero attached hydrogens (tertiary/aromatic N) is 1. The zero-order valence-corrected chi connectivity index (χ0v) is 18.9. The molecule has 0 saturated heterocycles. The second kappa shape index (κ2) is 11.8. The van der Waals surface area contributed by atoms with Crippen molar-refractivity contribution in [2.24, 2.45) is 0 Å². The molecule has 0 aliphatic carbocycles. The molecular weight excluding hydrogens is 490 g/mol. The summed E-state index contributed by atoms with van der Waals surface area (Å²) in [6, 6.07) is 14.3. The molecule has 0 unspecified atom stereocenters. The first kappa shape index (κ1) is 21.6. The molecule has 0 radical (unpaired) electrons. The van der Waals surface area contributed by atoms with E-state index in [2.05, 4.69) is 61.0 Å². The minimum absolute atomic E-state index is 0.472. The highest BCUT2D eigenvalue weighted by molar-refractivity contribution is 9.13. The highest BCUT2D eigenvalue weighted by Crippen LogP contribution is 2.36. The molecule has 0 fully saturated rings. The summed E-state index contributed by atoms with van der Waals surface area (Å²) >= 11 is 7.01. The molecular formula is C21H25Br2NO4. The van der Waals surface area contributed by atoms with E-state index in [1.165, 1.54) is 5.56 Å². The molecule has 2 aromatic carbocycles. The van der Waals surface area contributed by atoms with Gasteiger partial charge in [-0.1, -0.05) is 30.3 Å². The van der Waals surface area contributed by atoms with Crippen LogP contribution in [0.5, 0.6) is 11.5 Å². The van der Waals surface area contributed by atoms with Crippen molar-refractivity contribution in [2.75, 3.05) is 52.7 Å². The average molecular weight is 515 g/mol. The van der Waals surface area contributed by atoms with Gasteiger partial charge in [0.1, 0.15) is 13.2 Å². The Kier molecular flexibility index (Phi) is 9.08. The molecule has 0 amide bonds. The van der Waals surface area contributed by atoms with E-state index in [0.717, 1.165) is 28.6 Å². The second-order valence-corrected chi connectivity index (χ2v) is 8.11. The van der Waals surface area contributed by atoms with E-state index < -0.39 is 0 Å². The number of fused-ring (bicyclic) bond motifs is 1. The summed E-state index contributed by atoms with van der Waals surface area (Å²) < 4.78 is 25.1. The largest absolute Gasteiger partial charge is 0.487 e. The predicted molar refractivity (Wildman–Crippen MR) is 116 cm³/mol. The van der Waals surface area contributed by atoms with Gasteiger partial charge in [0.05, 0.1) is 26.4 Å². The Morgan fingerprint density at radius 1 is 0.714 bits per heavy atom. The number of benzene rings is 2. The van der Waals surface area contributed by atoms with Crippen molar-refractivity contribution in [3.05, 3.63) is 57.0 Å². The van der Waals surface area contributed by atoms with Crippen LogP contribution in [-0.2, 0) is 16.0 Å². The van der Waals surface area contributed by atoms with E-state index in [9.17, 15) is 0 Å². The molecule has 1 aliphatic heterocycles. The van der Waals surface area contributed by atoms with Crippen molar-refractivity contribution in [3.63, 3.8) is 0 Å². The lowest BCUT2D eigenvalue weighted by Gasteiger charge is -2.22. The predicted octanol–water partition coefficient (Wildman–Crippen LogP) is 4.52. The van der Waals surface area contributed by atoms with Crippen molar-refractivity contribution in [1.82, 2.24) is 4.90 Å². The first-order valence-electron chi connectivity index (χ1n) is 9.39. The number of halogens is 2. The van der Waals surface area contributed by atoms with Gasteiger partial charge in [-0.15, -0.1) is 0 Å². The smallest absolute Gasteiger partial charge is 0.162 e. The fraction of sp³-hybridized carbons (Fsp3) is 0.429. The molecule has 7 heteroatoms. The highest BCUT2D eigenvalue weighted by Gasteiger charge is 2.11. The minimum atomic E-state index is 0.472. The van der Waals surface area contributed by atoms with Crippen LogP contribution in [0.15, 0.2) is 51.4 Å². The van der Waals surface area contributed by atoms with Gasteiger partial charge in [-0.25, -0.2) is 0 Å². The summed E-state index contributed by atoms with van der Waals surface area (Å²) in [4.78, 5) is 2.35. The van der Waals surface area contributed by atoms with Crippen LogP contribution < -0.4 is 9.47 Å². The number of rotatable bonds is 2. The van der Waals surface area contributed by atoms with Gasteiger partial charge >= 0.3 is 0 Å². The lowest BCUT2D eigenvalue weighted by atomic mass is 10.2. The minimum Gasteiger partial charge on any atom is -0.487 e. The Bertz CT molecular complexity index is 689. The van der Waals surface area contributed by atoms with Gasteiger partial charge in [0.2, 0.25) is 0 Å². The molecule has 28 heavy (non-hydrogen) atoms. The molecule has 0 aromatic heterocycles. The monoisotopic (exact) mass is 513 g/mol. The third-order valence-corrected chi connectivity index (χ3v) is 6.15.